The fraction of sp³-hybridized carbons (Fsp3) is 0.267. The van der Waals surface area contributed by atoms with E-state index in [0.717, 1.165) is 22.9 Å². The highest BCUT2D eigenvalue weighted by Crippen LogP contribution is 2.22. The maximum atomic E-state index is 11.5. The van der Waals surface area contributed by atoms with Crippen LogP contribution in [0.1, 0.15) is 11.5 Å². The van der Waals surface area contributed by atoms with Gasteiger partial charge in [0.15, 0.2) is 0 Å². The second-order valence-corrected chi connectivity index (χ2v) is 4.68. The Morgan fingerprint density at radius 3 is 2.90 bits per heavy atom. The number of carbonyl (C=O) groups is 1. The van der Waals surface area contributed by atoms with Gasteiger partial charge in [-0.25, -0.2) is 4.79 Å². The van der Waals surface area contributed by atoms with Gasteiger partial charge in [-0.15, -0.1) is 0 Å². The fourth-order valence-corrected chi connectivity index (χ4v) is 2.18. The Hall–Kier alpha value is -2.43. The van der Waals surface area contributed by atoms with E-state index in [4.69, 9.17) is 9.15 Å². The summed E-state index contributed by atoms with van der Waals surface area (Å²) in [5.41, 5.74) is 1.78. The van der Waals surface area contributed by atoms with Crippen LogP contribution in [0.25, 0.3) is 0 Å². The third kappa shape index (κ3) is 2.61. The number of nitrogens with one attached hydrogen (secondary N) is 1. The molecule has 2 heterocycles. The lowest BCUT2D eigenvalue weighted by atomic mass is 10.2. The lowest BCUT2D eigenvalue weighted by Crippen LogP contribution is -2.23. The number of rotatable bonds is 4. The summed E-state index contributed by atoms with van der Waals surface area (Å²) < 4.78 is 10.4. The molecule has 0 spiro atoms. The molecule has 1 N–H and O–H groups in total. The molecule has 0 atom stereocenters. The molecule has 1 saturated heterocycles. The molecule has 1 fully saturated rings. The molecule has 0 aliphatic carbocycles. The molecular weight excluding hydrogens is 256 g/mol. The summed E-state index contributed by atoms with van der Waals surface area (Å²) in [6, 6.07) is 11.6. The minimum absolute atomic E-state index is 0.288. The monoisotopic (exact) mass is 272 g/mol. The number of nitrogens with zero attached hydrogens (tertiary/aromatic N) is 1. The number of cyclic esters (lactones) is 1. The van der Waals surface area contributed by atoms with Crippen LogP contribution in [0.15, 0.2) is 40.8 Å². The van der Waals surface area contributed by atoms with Crippen LogP contribution in [-0.4, -0.2) is 19.2 Å². The van der Waals surface area contributed by atoms with Crippen LogP contribution < -0.4 is 10.2 Å². The zero-order chi connectivity index (χ0) is 13.9. The number of hydrogen-bond acceptors (Lipinski definition) is 4. The van der Waals surface area contributed by atoms with Gasteiger partial charge in [-0.2, -0.15) is 0 Å². The molecule has 1 aliphatic rings. The van der Waals surface area contributed by atoms with Crippen molar-refractivity contribution in [2.24, 2.45) is 0 Å². The molecule has 104 valence electrons. The minimum Gasteiger partial charge on any atom is -0.465 e. The minimum atomic E-state index is -0.288. The topological polar surface area (TPSA) is 54.7 Å². The number of carbonyl (C=O) groups excluding carboxylic acids is 1. The summed E-state index contributed by atoms with van der Waals surface area (Å²) >= 11 is 0. The second-order valence-electron chi connectivity index (χ2n) is 4.68. The molecule has 3 rings (SSSR count). The van der Waals surface area contributed by atoms with E-state index in [0.29, 0.717) is 19.7 Å². The first-order valence-electron chi connectivity index (χ1n) is 6.56. The van der Waals surface area contributed by atoms with Crippen molar-refractivity contribution in [3.8, 4) is 0 Å². The van der Waals surface area contributed by atoms with Gasteiger partial charge < -0.3 is 14.5 Å². The van der Waals surface area contributed by atoms with E-state index < -0.39 is 0 Å². The Balaban J connectivity index is 1.69. The Labute approximate surface area is 117 Å². The van der Waals surface area contributed by atoms with Crippen molar-refractivity contribution in [3.63, 3.8) is 0 Å². The number of ether oxygens (including phenoxy) is 1. The maximum Gasteiger partial charge on any atom is 0.414 e. The summed E-state index contributed by atoms with van der Waals surface area (Å²) in [6.45, 7) is 3.58. The number of anilines is 2. The summed E-state index contributed by atoms with van der Waals surface area (Å²) in [7, 11) is 0. The molecule has 0 bridgehead atoms. The first kappa shape index (κ1) is 12.6. The smallest absolute Gasteiger partial charge is 0.414 e. The average Bonchev–Trinajstić information content (AvgIpc) is 3.05. The molecule has 0 radical (unpaired) electrons. The molecule has 20 heavy (non-hydrogen) atoms. The highest BCUT2D eigenvalue weighted by molar-refractivity contribution is 5.89. The van der Waals surface area contributed by atoms with E-state index in [9.17, 15) is 4.79 Å². The van der Waals surface area contributed by atoms with Gasteiger partial charge in [-0.3, -0.25) is 4.90 Å². The molecule has 1 aromatic heterocycles. The van der Waals surface area contributed by atoms with Crippen LogP contribution in [0.2, 0.25) is 0 Å². The van der Waals surface area contributed by atoms with Crippen molar-refractivity contribution >= 4 is 17.5 Å². The van der Waals surface area contributed by atoms with Crippen LogP contribution >= 0.6 is 0 Å². The number of amides is 1. The summed E-state index contributed by atoms with van der Waals surface area (Å²) in [5.74, 6) is 1.78. The van der Waals surface area contributed by atoms with Crippen LogP contribution in [-0.2, 0) is 11.3 Å². The lowest BCUT2D eigenvalue weighted by Gasteiger charge is -2.14. The van der Waals surface area contributed by atoms with E-state index in [1.54, 1.807) is 4.90 Å². The third-order valence-corrected chi connectivity index (χ3v) is 3.18. The fourth-order valence-electron chi connectivity index (χ4n) is 2.18. The number of aryl methyl sites for hydroxylation is 1. The summed E-state index contributed by atoms with van der Waals surface area (Å²) in [6.07, 6.45) is -0.288. The Morgan fingerprint density at radius 2 is 2.20 bits per heavy atom. The number of furan rings is 1. The van der Waals surface area contributed by atoms with E-state index in [-0.39, 0.29) is 6.09 Å². The quantitative estimate of drug-likeness (QED) is 0.929. The van der Waals surface area contributed by atoms with E-state index in [1.807, 2.05) is 43.3 Å². The van der Waals surface area contributed by atoms with Gasteiger partial charge in [0.1, 0.15) is 18.1 Å². The van der Waals surface area contributed by atoms with Gasteiger partial charge >= 0.3 is 6.09 Å². The molecule has 5 heteroatoms. The highest BCUT2D eigenvalue weighted by atomic mass is 16.6. The molecular formula is C15H16N2O3. The summed E-state index contributed by atoms with van der Waals surface area (Å²) in [5, 5.41) is 3.28. The SMILES string of the molecule is Cc1ccc(CNc2cccc(N3CCOC3=O)c2)o1. The van der Waals surface area contributed by atoms with Crippen LogP contribution in [0.3, 0.4) is 0 Å². The van der Waals surface area contributed by atoms with Crippen LogP contribution in [0.4, 0.5) is 16.2 Å². The van der Waals surface area contributed by atoms with Crippen molar-refractivity contribution in [3.05, 3.63) is 47.9 Å². The molecule has 1 aromatic carbocycles. The van der Waals surface area contributed by atoms with Gasteiger partial charge in [-0.05, 0) is 37.3 Å². The van der Waals surface area contributed by atoms with Gasteiger partial charge in [-0.1, -0.05) is 6.07 Å². The molecule has 1 amide bonds. The van der Waals surface area contributed by atoms with Crippen molar-refractivity contribution < 1.29 is 13.9 Å². The predicted octanol–water partition coefficient (Wildman–Crippen LogP) is 3.16. The van der Waals surface area contributed by atoms with Gasteiger partial charge in [0.25, 0.3) is 0 Å². The average molecular weight is 272 g/mol. The first-order chi connectivity index (χ1) is 9.72. The number of benzene rings is 1. The van der Waals surface area contributed by atoms with Crippen molar-refractivity contribution in [1.82, 2.24) is 0 Å². The van der Waals surface area contributed by atoms with Gasteiger partial charge in [0, 0.05) is 11.4 Å². The summed E-state index contributed by atoms with van der Waals surface area (Å²) in [4.78, 5) is 13.2. The molecule has 1 aliphatic heterocycles. The van der Waals surface area contributed by atoms with Gasteiger partial charge in [0.2, 0.25) is 0 Å². The van der Waals surface area contributed by atoms with E-state index in [1.165, 1.54) is 0 Å². The zero-order valence-electron chi connectivity index (χ0n) is 11.3. The standard InChI is InChI=1S/C15H16N2O3/c1-11-5-6-14(20-11)10-16-12-3-2-4-13(9-12)17-7-8-19-15(17)18/h2-6,9,16H,7-8,10H2,1H3. The Kier molecular flexibility index (Phi) is 3.33. The molecule has 0 saturated carbocycles. The number of hydrogen-bond donors (Lipinski definition) is 1. The molecule has 5 nitrogen and oxygen atoms in total. The van der Waals surface area contributed by atoms with Crippen LogP contribution in [0, 0.1) is 6.92 Å². The molecule has 0 unspecified atom stereocenters. The largest absolute Gasteiger partial charge is 0.465 e. The predicted molar refractivity (Wildman–Crippen MR) is 75.9 cm³/mol. The molecule has 2 aromatic rings. The first-order valence-corrected chi connectivity index (χ1v) is 6.56. The third-order valence-electron chi connectivity index (χ3n) is 3.18. The van der Waals surface area contributed by atoms with Crippen LogP contribution in [0.5, 0.6) is 0 Å². The zero-order valence-corrected chi connectivity index (χ0v) is 11.3. The lowest BCUT2D eigenvalue weighted by molar-refractivity contribution is 0.181. The maximum absolute atomic E-state index is 11.5. The Morgan fingerprint density at radius 1 is 1.30 bits per heavy atom. The van der Waals surface area contributed by atoms with Crippen molar-refractivity contribution in [2.75, 3.05) is 23.4 Å². The van der Waals surface area contributed by atoms with E-state index >= 15 is 0 Å². The van der Waals surface area contributed by atoms with Crippen molar-refractivity contribution in [2.45, 2.75) is 13.5 Å². The second kappa shape index (κ2) is 5.28. The highest BCUT2D eigenvalue weighted by Gasteiger charge is 2.23. The van der Waals surface area contributed by atoms with E-state index in [2.05, 4.69) is 5.32 Å². The van der Waals surface area contributed by atoms with Gasteiger partial charge in [0.05, 0.1) is 13.1 Å². The Bertz CT molecular complexity index is 621. The van der Waals surface area contributed by atoms with Crippen molar-refractivity contribution in [1.29, 1.82) is 0 Å². The normalized spacial score (nSPS) is 14.4.